The Hall–Kier alpha value is -3.21. The van der Waals surface area contributed by atoms with Crippen molar-refractivity contribution >= 4 is 6.20 Å². The van der Waals surface area contributed by atoms with E-state index in [1.54, 1.807) is 24.3 Å². The fourth-order valence-corrected chi connectivity index (χ4v) is 3.29. The number of benzene rings is 3. The molecule has 3 aromatic rings. The number of hydrogen-bond donors (Lipinski definition) is 1. The topological polar surface area (TPSA) is 35.8 Å². The molecule has 0 radical (unpaired) electrons. The van der Waals surface area contributed by atoms with Crippen molar-refractivity contribution in [2.24, 2.45) is 4.99 Å². The van der Waals surface area contributed by atoms with E-state index in [9.17, 15) is 13.9 Å². The van der Waals surface area contributed by atoms with Crippen molar-refractivity contribution in [2.75, 3.05) is 6.54 Å². The van der Waals surface area contributed by atoms with E-state index >= 15 is 0 Å². The largest absolute Gasteiger partial charge is 0.508 e. The molecule has 0 spiro atoms. The van der Waals surface area contributed by atoms with Gasteiger partial charge in [0.05, 0.1) is 5.36 Å². The van der Waals surface area contributed by atoms with Crippen LogP contribution in [0.3, 0.4) is 0 Å². The molecule has 0 amide bonds. The van der Waals surface area contributed by atoms with Gasteiger partial charge in [0.25, 0.3) is 0 Å². The summed E-state index contributed by atoms with van der Waals surface area (Å²) in [6.07, 6.45) is 2.01. The third kappa shape index (κ3) is 3.67. The minimum absolute atomic E-state index is 0.154. The molecule has 1 unspecified atom stereocenters. The van der Waals surface area contributed by atoms with Gasteiger partial charge in [0.2, 0.25) is 0 Å². The van der Waals surface area contributed by atoms with Crippen molar-refractivity contribution in [1.82, 2.24) is 4.90 Å². The van der Waals surface area contributed by atoms with Crippen molar-refractivity contribution in [3.63, 3.8) is 0 Å². The highest BCUT2D eigenvalue weighted by molar-refractivity contribution is 5.38. The Morgan fingerprint density at radius 1 is 0.926 bits per heavy atom. The van der Waals surface area contributed by atoms with Crippen molar-refractivity contribution in [2.45, 2.75) is 12.6 Å². The maximum absolute atomic E-state index is 13.6. The molecule has 136 valence electrons. The first-order valence-corrected chi connectivity index (χ1v) is 8.73. The lowest BCUT2D eigenvalue weighted by atomic mass is 10.1. The summed E-state index contributed by atoms with van der Waals surface area (Å²) in [5, 5.41) is 11.6. The lowest BCUT2D eigenvalue weighted by Crippen LogP contribution is -2.38. The predicted molar refractivity (Wildman–Crippen MR) is 99.3 cm³/mol. The summed E-state index contributed by atoms with van der Waals surface area (Å²) in [6.45, 7) is 0.544. The molecule has 0 fully saturated rings. The van der Waals surface area contributed by atoms with Gasteiger partial charge in [-0.25, -0.2) is 8.78 Å². The average molecular weight is 364 g/mol. The van der Waals surface area contributed by atoms with Crippen LogP contribution in [0, 0.1) is 11.6 Å². The number of fused-ring (bicyclic) bond motifs is 1. The fraction of sp³-hybridized carbons (Fsp3) is 0.136. The Morgan fingerprint density at radius 2 is 1.74 bits per heavy atom. The molecule has 0 saturated heterocycles. The van der Waals surface area contributed by atoms with Crippen molar-refractivity contribution in [1.29, 1.82) is 0 Å². The first-order chi connectivity index (χ1) is 13.1. The van der Waals surface area contributed by atoms with Crippen LogP contribution in [0.4, 0.5) is 8.78 Å². The summed E-state index contributed by atoms with van der Waals surface area (Å²) in [4.78, 5) is 6.67. The molecule has 3 nitrogen and oxygen atoms in total. The third-order valence-electron chi connectivity index (χ3n) is 4.63. The van der Waals surface area contributed by atoms with Gasteiger partial charge in [-0.1, -0.05) is 30.3 Å². The van der Waals surface area contributed by atoms with Gasteiger partial charge in [-0.2, -0.15) is 0 Å². The second-order valence-electron chi connectivity index (χ2n) is 6.51. The number of hydrogen-bond acceptors (Lipinski definition) is 3. The number of aromatic hydroxyl groups is 1. The monoisotopic (exact) mass is 364 g/mol. The molecule has 1 atom stereocenters. The number of halogens is 2. The molecule has 0 aromatic heterocycles. The second kappa shape index (κ2) is 7.19. The van der Waals surface area contributed by atoms with Crippen molar-refractivity contribution in [3.05, 3.63) is 100 Å². The Bertz CT molecular complexity index is 1100. The van der Waals surface area contributed by atoms with Gasteiger partial charge in [-0.15, -0.1) is 0 Å². The third-order valence-corrected chi connectivity index (χ3v) is 4.63. The van der Waals surface area contributed by atoms with E-state index in [4.69, 9.17) is 4.99 Å². The molecule has 1 heterocycles. The van der Waals surface area contributed by atoms with Gasteiger partial charge >= 0.3 is 0 Å². The lowest BCUT2D eigenvalue weighted by molar-refractivity contribution is 0.301. The Kier molecular flexibility index (Phi) is 4.59. The van der Waals surface area contributed by atoms with E-state index in [-0.39, 0.29) is 17.4 Å². The summed E-state index contributed by atoms with van der Waals surface area (Å²) in [5.41, 5.74) is 1.53. The molecule has 0 aliphatic carbocycles. The Morgan fingerprint density at radius 3 is 2.56 bits per heavy atom. The number of phenolic OH excluding ortho intramolecular Hbond substituents is 1. The number of rotatable bonds is 4. The summed E-state index contributed by atoms with van der Waals surface area (Å²) < 4.78 is 27.1. The maximum Gasteiger partial charge on any atom is 0.151 e. The van der Waals surface area contributed by atoms with E-state index in [0.29, 0.717) is 29.1 Å². The lowest BCUT2D eigenvalue weighted by Gasteiger charge is -2.30. The van der Waals surface area contributed by atoms with Crippen LogP contribution in [0.15, 0.2) is 71.7 Å². The van der Waals surface area contributed by atoms with Crippen LogP contribution in [-0.2, 0) is 6.42 Å². The van der Waals surface area contributed by atoms with E-state index in [1.165, 1.54) is 24.3 Å². The first kappa shape index (κ1) is 17.2. The predicted octanol–water partition coefficient (Wildman–Crippen LogP) is 3.29. The van der Waals surface area contributed by atoms with Crippen LogP contribution < -0.4 is 10.6 Å². The summed E-state index contributed by atoms with van der Waals surface area (Å²) >= 11 is 0. The number of para-hydroxylation sites is 1. The number of phenols is 1. The molecule has 1 N–H and O–H groups in total. The molecule has 0 bridgehead atoms. The van der Waals surface area contributed by atoms with Gasteiger partial charge in [0, 0.05) is 23.5 Å². The fourth-order valence-electron chi connectivity index (χ4n) is 3.29. The zero-order valence-electron chi connectivity index (χ0n) is 14.5. The van der Waals surface area contributed by atoms with Crippen LogP contribution in [0.2, 0.25) is 0 Å². The summed E-state index contributed by atoms with van der Waals surface area (Å²) in [6, 6.07) is 18.0. The molecular formula is C22H18F2N2O. The summed E-state index contributed by atoms with van der Waals surface area (Å²) in [7, 11) is 0. The quantitative estimate of drug-likeness (QED) is 0.771. The van der Waals surface area contributed by atoms with E-state index < -0.39 is 6.17 Å². The highest BCUT2D eigenvalue weighted by Crippen LogP contribution is 2.30. The molecule has 1 aliphatic rings. The van der Waals surface area contributed by atoms with Crippen LogP contribution in [0.1, 0.15) is 17.3 Å². The average Bonchev–Trinajstić information content (AvgIpc) is 2.66. The van der Waals surface area contributed by atoms with Crippen molar-refractivity contribution in [3.8, 4) is 5.75 Å². The zero-order valence-corrected chi connectivity index (χ0v) is 14.5. The molecule has 3 aromatic carbocycles. The molecular weight excluding hydrogens is 346 g/mol. The van der Waals surface area contributed by atoms with Gasteiger partial charge in [0.15, 0.2) is 6.17 Å². The highest BCUT2D eigenvalue weighted by Gasteiger charge is 2.22. The van der Waals surface area contributed by atoms with Crippen LogP contribution in [-0.4, -0.2) is 16.6 Å². The van der Waals surface area contributed by atoms with E-state index in [1.807, 2.05) is 29.3 Å². The van der Waals surface area contributed by atoms with Gasteiger partial charge in [-0.05, 0) is 48.4 Å². The summed E-state index contributed by atoms with van der Waals surface area (Å²) in [5.74, 6) is -0.447. The van der Waals surface area contributed by atoms with Crippen LogP contribution in [0.5, 0.6) is 5.75 Å². The smallest absolute Gasteiger partial charge is 0.151 e. The minimum atomic E-state index is -0.433. The van der Waals surface area contributed by atoms with Crippen molar-refractivity contribution < 1.29 is 13.9 Å². The zero-order chi connectivity index (χ0) is 18.8. The first-order valence-electron chi connectivity index (χ1n) is 8.73. The molecule has 4 rings (SSSR count). The normalized spacial score (nSPS) is 15.6. The van der Waals surface area contributed by atoms with Gasteiger partial charge in [-0.3, -0.25) is 4.99 Å². The molecule has 5 heteroatoms. The standard InChI is InChI=1S/C22H18F2N2O/c23-17-5-3-4-15(12-17)10-11-26-14-16-13-18(24)8-9-20(16)25-22(26)19-6-1-2-7-21(19)27/h1-9,12-14,22,27H,10-11H2. The van der Waals surface area contributed by atoms with E-state index in [0.717, 1.165) is 5.56 Å². The Balaban J connectivity index is 1.72. The molecule has 0 saturated carbocycles. The van der Waals surface area contributed by atoms with Crippen LogP contribution in [0.25, 0.3) is 6.20 Å². The Labute approximate surface area is 155 Å². The van der Waals surface area contributed by atoms with Gasteiger partial charge < -0.3 is 10.0 Å². The molecule has 27 heavy (non-hydrogen) atoms. The second-order valence-corrected chi connectivity index (χ2v) is 6.51. The molecule has 1 aliphatic heterocycles. The maximum atomic E-state index is 13.6. The van der Waals surface area contributed by atoms with Crippen LogP contribution >= 0.6 is 0 Å². The SMILES string of the molecule is Oc1ccccc1C1N=c2ccc(F)cc2=CN1CCc1cccc(F)c1. The highest BCUT2D eigenvalue weighted by atomic mass is 19.1. The van der Waals surface area contributed by atoms with Gasteiger partial charge in [0.1, 0.15) is 17.4 Å². The number of nitrogens with zero attached hydrogens (tertiary/aromatic N) is 2. The van der Waals surface area contributed by atoms with E-state index in [2.05, 4.69) is 0 Å². The minimum Gasteiger partial charge on any atom is -0.508 e.